The van der Waals surface area contributed by atoms with E-state index in [-0.39, 0.29) is 0 Å². The van der Waals surface area contributed by atoms with Crippen molar-refractivity contribution >= 4 is 35.0 Å². The lowest BCUT2D eigenvalue weighted by atomic mass is 10.2. The van der Waals surface area contributed by atoms with Gasteiger partial charge in [0.1, 0.15) is 0 Å². The third-order valence-electron chi connectivity index (χ3n) is 3.12. The number of aromatic amines is 1. The van der Waals surface area contributed by atoms with E-state index in [1.165, 1.54) is 0 Å². The summed E-state index contributed by atoms with van der Waals surface area (Å²) in [6.07, 6.45) is 1.59. The van der Waals surface area contributed by atoms with Crippen LogP contribution in [0.15, 0.2) is 30.5 Å². The number of hydrogen-bond acceptors (Lipinski definition) is 4. The van der Waals surface area contributed by atoms with Gasteiger partial charge in [0.2, 0.25) is 0 Å². The summed E-state index contributed by atoms with van der Waals surface area (Å²) in [5, 5.41) is 0.554. The van der Waals surface area contributed by atoms with Gasteiger partial charge in [-0.25, -0.2) is 4.98 Å². The number of nitrogens with zero attached hydrogens (tertiary/aromatic N) is 2. The Kier molecular flexibility index (Phi) is 3.57. The highest BCUT2D eigenvalue weighted by Crippen LogP contribution is 2.30. The molecular weight excluding hydrogens is 310 g/mol. The van der Waals surface area contributed by atoms with Crippen LogP contribution in [0.5, 0.6) is 11.5 Å². The highest BCUT2D eigenvalue weighted by molar-refractivity contribution is 7.71. The molecule has 0 saturated carbocycles. The van der Waals surface area contributed by atoms with E-state index in [4.69, 9.17) is 33.3 Å². The minimum Gasteiger partial charge on any atom is -0.493 e. The van der Waals surface area contributed by atoms with E-state index >= 15 is 0 Å². The molecule has 5 nitrogen and oxygen atoms in total. The fourth-order valence-corrected chi connectivity index (χ4v) is 2.63. The molecule has 108 valence electrons. The summed E-state index contributed by atoms with van der Waals surface area (Å²) in [5.41, 5.74) is 2.32. The summed E-state index contributed by atoms with van der Waals surface area (Å²) in [6, 6.07) is 7.35. The summed E-state index contributed by atoms with van der Waals surface area (Å²) in [7, 11) is 3.19. The Morgan fingerprint density at radius 3 is 2.67 bits per heavy atom. The van der Waals surface area contributed by atoms with Gasteiger partial charge in [-0.3, -0.25) is 4.57 Å². The Balaban J connectivity index is 2.25. The largest absolute Gasteiger partial charge is 0.493 e. The molecule has 0 aliphatic heterocycles. The molecule has 1 N–H and O–H groups in total. The topological polar surface area (TPSA) is 52.1 Å². The first-order valence-electron chi connectivity index (χ1n) is 6.12. The first-order chi connectivity index (χ1) is 10.1. The molecule has 3 rings (SSSR count). The quantitative estimate of drug-likeness (QED) is 0.746. The molecule has 2 aromatic heterocycles. The predicted molar refractivity (Wildman–Crippen MR) is 84.4 cm³/mol. The van der Waals surface area contributed by atoms with Crippen molar-refractivity contribution in [1.29, 1.82) is 0 Å². The van der Waals surface area contributed by atoms with Crippen molar-refractivity contribution in [2.45, 2.75) is 0 Å². The third-order valence-corrected chi connectivity index (χ3v) is 3.61. The third kappa shape index (κ3) is 2.36. The lowest BCUT2D eigenvalue weighted by molar-refractivity contribution is 0.355. The van der Waals surface area contributed by atoms with E-state index in [9.17, 15) is 0 Å². The first-order valence-corrected chi connectivity index (χ1v) is 6.91. The van der Waals surface area contributed by atoms with Crippen LogP contribution in [0, 0.1) is 4.77 Å². The molecule has 0 bridgehead atoms. The van der Waals surface area contributed by atoms with Crippen molar-refractivity contribution in [3.63, 3.8) is 0 Å². The molecule has 21 heavy (non-hydrogen) atoms. The monoisotopic (exact) mass is 321 g/mol. The average molecular weight is 322 g/mol. The molecule has 3 aromatic rings. The van der Waals surface area contributed by atoms with Gasteiger partial charge in [0.05, 0.1) is 30.4 Å². The maximum absolute atomic E-state index is 5.95. The van der Waals surface area contributed by atoms with Crippen LogP contribution >= 0.6 is 23.8 Å². The van der Waals surface area contributed by atoms with Gasteiger partial charge in [0, 0.05) is 12.3 Å². The van der Waals surface area contributed by atoms with Crippen molar-refractivity contribution in [1.82, 2.24) is 14.5 Å². The van der Waals surface area contributed by atoms with Crippen molar-refractivity contribution in [2.24, 2.45) is 0 Å². The molecule has 0 aliphatic rings. The van der Waals surface area contributed by atoms with E-state index in [0.717, 1.165) is 11.2 Å². The van der Waals surface area contributed by atoms with Gasteiger partial charge in [0.15, 0.2) is 21.9 Å². The van der Waals surface area contributed by atoms with Gasteiger partial charge in [0.25, 0.3) is 0 Å². The number of rotatable bonds is 3. The number of ether oxygens (including phenoxy) is 2. The zero-order valence-electron chi connectivity index (χ0n) is 11.4. The van der Waals surface area contributed by atoms with Crippen LogP contribution in [0.1, 0.15) is 0 Å². The normalized spacial score (nSPS) is 10.8. The molecule has 0 spiro atoms. The second kappa shape index (κ2) is 5.38. The number of fused-ring (bicyclic) bond motifs is 1. The Bertz CT molecular complexity index is 872. The van der Waals surface area contributed by atoms with Crippen molar-refractivity contribution in [3.05, 3.63) is 40.3 Å². The highest BCUT2D eigenvalue weighted by atomic mass is 35.5. The molecule has 0 saturated heterocycles. The van der Waals surface area contributed by atoms with E-state index in [1.807, 2.05) is 22.8 Å². The van der Waals surface area contributed by atoms with Gasteiger partial charge in [-0.05, 0) is 30.4 Å². The summed E-state index contributed by atoms with van der Waals surface area (Å²) in [6.45, 7) is 0. The molecule has 0 unspecified atom stereocenters. The predicted octanol–water partition coefficient (Wildman–Crippen LogP) is 3.75. The minimum absolute atomic E-state index is 0.534. The Labute approximate surface area is 131 Å². The molecule has 7 heteroatoms. The smallest absolute Gasteiger partial charge is 0.184 e. The van der Waals surface area contributed by atoms with E-state index < -0.39 is 0 Å². The summed E-state index contributed by atoms with van der Waals surface area (Å²) in [5.74, 6) is 1.28. The zero-order chi connectivity index (χ0) is 15.0. The SMILES string of the molecule is COc1ccc(-n2c(=S)[nH]c3cc(Cl)cnc32)cc1OC. The Morgan fingerprint density at radius 1 is 1.19 bits per heavy atom. The van der Waals surface area contributed by atoms with Gasteiger partial charge in [-0.1, -0.05) is 11.6 Å². The maximum atomic E-state index is 5.95. The van der Waals surface area contributed by atoms with Gasteiger partial charge < -0.3 is 14.5 Å². The maximum Gasteiger partial charge on any atom is 0.184 e. The number of pyridine rings is 1. The number of nitrogens with one attached hydrogen (secondary N) is 1. The second-order valence-electron chi connectivity index (χ2n) is 4.33. The lowest BCUT2D eigenvalue weighted by Crippen LogP contribution is -1.98. The van der Waals surface area contributed by atoms with Gasteiger partial charge >= 0.3 is 0 Å². The van der Waals surface area contributed by atoms with Crippen LogP contribution in [0.25, 0.3) is 16.9 Å². The van der Waals surface area contributed by atoms with Gasteiger partial charge in [-0.15, -0.1) is 0 Å². The van der Waals surface area contributed by atoms with Crippen molar-refractivity contribution < 1.29 is 9.47 Å². The lowest BCUT2D eigenvalue weighted by Gasteiger charge is -2.10. The van der Waals surface area contributed by atoms with Crippen LogP contribution in [0.3, 0.4) is 0 Å². The van der Waals surface area contributed by atoms with E-state index in [0.29, 0.717) is 26.9 Å². The molecular formula is C14H12ClN3O2S. The number of benzene rings is 1. The average Bonchev–Trinajstić information content (AvgIpc) is 2.81. The first kappa shape index (κ1) is 13.9. The number of H-pyrrole nitrogens is 1. The molecule has 0 radical (unpaired) electrons. The Hall–Kier alpha value is -2.05. The molecule has 0 amide bonds. The van der Waals surface area contributed by atoms with Crippen LogP contribution in [-0.2, 0) is 0 Å². The molecule has 0 atom stereocenters. The van der Waals surface area contributed by atoms with Crippen LogP contribution in [-0.4, -0.2) is 28.8 Å². The highest BCUT2D eigenvalue weighted by Gasteiger charge is 2.11. The van der Waals surface area contributed by atoms with Crippen LogP contribution in [0.2, 0.25) is 5.02 Å². The van der Waals surface area contributed by atoms with Gasteiger partial charge in [-0.2, -0.15) is 0 Å². The van der Waals surface area contributed by atoms with Crippen LogP contribution in [0.4, 0.5) is 0 Å². The summed E-state index contributed by atoms with van der Waals surface area (Å²) in [4.78, 5) is 7.43. The van der Waals surface area contributed by atoms with Crippen molar-refractivity contribution in [3.8, 4) is 17.2 Å². The van der Waals surface area contributed by atoms with E-state index in [1.54, 1.807) is 26.5 Å². The second-order valence-corrected chi connectivity index (χ2v) is 5.15. The fourth-order valence-electron chi connectivity index (χ4n) is 2.17. The Morgan fingerprint density at radius 2 is 1.95 bits per heavy atom. The summed E-state index contributed by atoms with van der Waals surface area (Å²) < 4.78 is 12.9. The minimum atomic E-state index is 0.534. The number of hydrogen-bond donors (Lipinski definition) is 1. The fraction of sp³-hybridized carbons (Fsp3) is 0.143. The van der Waals surface area contributed by atoms with Crippen molar-refractivity contribution in [2.75, 3.05) is 14.2 Å². The molecule has 1 aromatic carbocycles. The zero-order valence-corrected chi connectivity index (χ0v) is 13.0. The standard InChI is InChI=1S/C14H12ClN3O2S/c1-19-11-4-3-9(6-12(11)20-2)18-13-10(17-14(18)21)5-8(15)7-16-13/h3-7H,1-2H3,(H,17,21). The summed E-state index contributed by atoms with van der Waals surface area (Å²) >= 11 is 11.3. The number of imidazole rings is 1. The van der Waals surface area contributed by atoms with E-state index in [2.05, 4.69) is 9.97 Å². The molecule has 2 heterocycles. The number of halogens is 1. The molecule has 0 aliphatic carbocycles. The number of methoxy groups -OCH3 is 2. The number of aromatic nitrogens is 3. The molecule has 0 fully saturated rings. The van der Waals surface area contributed by atoms with Crippen LogP contribution < -0.4 is 9.47 Å².